The van der Waals surface area contributed by atoms with E-state index in [-0.39, 0.29) is 29.1 Å². The molecular formula is C38H48Cl2N2OS. The smallest absolute Gasteiger partial charge is 0.223 e. The lowest BCUT2D eigenvalue weighted by Gasteiger charge is -2.54. The summed E-state index contributed by atoms with van der Waals surface area (Å²) in [5.41, 5.74) is 13.8. The van der Waals surface area contributed by atoms with Crippen molar-refractivity contribution in [3.63, 3.8) is 0 Å². The molecule has 1 aliphatic heterocycles. The number of rotatable bonds is 5. The minimum Gasteiger partial charge on any atom is -0.369 e. The number of carbonyl (C=O) groups is 1. The molecule has 6 rings (SSSR count). The lowest BCUT2D eigenvalue weighted by molar-refractivity contribution is -0.135. The van der Waals surface area contributed by atoms with Crippen molar-refractivity contribution in [3.05, 3.63) is 99.6 Å². The molecule has 3 unspecified atom stereocenters. The van der Waals surface area contributed by atoms with Gasteiger partial charge in [-0.05, 0) is 121 Å². The molecule has 3 aromatic carbocycles. The minimum absolute atomic E-state index is 0. The number of fused-ring (bicyclic) bond motifs is 5. The van der Waals surface area contributed by atoms with Crippen LogP contribution in [-0.2, 0) is 16.6 Å². The molecule has 1 heterocycles. The van der Waals surface area contributed by atoms with Crippen molar-refractivity contribution in [2.75, 3.05) is 20.6 Å². The number of hydrogen-bond donors (Lipinski definition) is 1. The maximum Gasteiger partial charge on any atom is 0.223 e. The number of nitrogens with zero attached hydrogens (tertiary/aromatic N) is 1. The fraction of sp³-hybridized carbons (Fsp3) is 0.447. The van der Waals surface area contributed by atoms with Gasteiger partial charge in [-0.1, -0.05) is 100.0 Å². The van der Waals surface area contributed by atoms with E-state index in [1.165, 1.54) is 49.6 Å². The third kappa shape index (κ3) is 6.79. The second-order valence-corrected chi connectivity index (χ2v) is 15.2. The van der Waals surface area contributed by atoms with Crippen molar-refractivity contribution in [1.29, 1.82) is 0 Å². The Labute approximate surface area is 280 Å². The van der Waals surface area contributed by atoms with E-state index in [2.05, 4.69) is 107 Å². The van der Waals surface area contributed by atoms with Crippen molar-refractivity contribution in [1.82, 2.24) is 4.90 Å². The number of carbonyl (C=O) groups excluding carboxylic acids is 1. The zero-order valence-corrected chi connectivity index (χ0v) is 29.5. The highest BCUT2D eigenvalue weighted by molar-refractivity contribution is 7.99. The van der Waals surface area contributed by atoms with E-state index in [0.717, 1.165) is 43.7 Å². The Morgan fingerprint density at radius 2 is 1.77 bits per heavy atom. The number of primary amides is 1. The second-order valence-electron chi connectivity index (χ2n) is 13.7. The summed E-state index contributed by atoms with van der Waals surface area (Å²) in [5.74, 6) is 0.840. The Balaban J connectivity index is 0.000000197. The Kier molecular flexibility index (Phi) is 11.0. The minimum atomic E-state index is -0.346. The van der Waals surface area contributed by atoms with Crippen LogP contribution in [0.1, 0.15) is 93.5 Å². The highest BCUT2D eigenvalue weighted by atomic mass is 35.5. The first-order valence-electron chi connectivity index (χ1n) is 15.8. The van der Waals surface area contributed by atoms with E-state index in [0.29, 0.717) is 11.8 Å². The van der Waals surface area contributed by atoms with Crippen molar-refractivity contribution < 1.29 is 4.79 Å². The fourth-order valence-corrected chi connectivity index (χ4v) is 8.95. The first-order chi connectivity index (χ1) is 20.4. The molecule has 236 valence electrons. The van der Waals surface area contributed by atoms with Gasteiger partial charge in [0.1, 0.15) is 0 Å². The largest absolute Gasteiger partial charge is 0.369 e. The van der Waals surface area contributed by atoms with Gasteiger partial charge in [0.2, 0.25) is 5.91 Å². The second kappa shape index (κ2) is 14.0. The molecular weight excluding hydrogens is 603 g/mol. The van der Waals surface area contributed by atoms with Crippen LogP contribution in [0.2, 0.25) is 5.02 Å². The molecule has 2 N–H and O–H groups in total. The zero-order valence-electron chi connectivity index (χ0n) is 27.1. The molecule has 0 spiro atoms. The summed E-state index contributed by atoms with van der Waals surface area (Å²) >= 11 is 8.03. The number of amides is 1. The fourth-order valence-electron chi connectivity index (χ4n) is 7.70. The lowest BCUT2D eigenvalue weighted by atomic mass is 9.49. The van der Waals surface area contributed by atoms with Crippen molar-refractivity contribution in [2.45, 2.75) is 87.3 Å². The standard InChI is InChI=1S/C20H29NO.C18H18ClNS.ClH/c1-13(2)14-6-8-16-15(12-14)7-9-17-19(16,3)10-5-11-20(17,4)18(21)22;1-20(2)11-5-7-14-15-6-3-4-8-17(15)21-18-10-9-13(19)12-16(14)18;/h6,8,12-13,17H,5,7,9-11H2,1-4H3,(H2,21,22);3-4,6-10,12H,5,11H2,1-2H3;1H. The number of hydrogen-bond acceptors (Lipinski definition) is 3. The van der Waals surface area contributed by atoms with Crippen molar-refractivity contribution in [2.24, 2.45) is 17.1 Å². The molecule has 0 bridgehead atoms. The summed E-state index contributed by atoms with van der Waals surface area (Å²) in [7, 11) is 4.21. The van der Waals surface area contributed by atoms with Crippen LogP contribution >= 0.6 is 35.8 Å². The molecule has 3 atom stereocenters. The van der Waals surface area contributed by atoms with Gasteiger partial charge in [-0.3, -0.25) is 4.79 Å². The Morgan fingerprint density at radius 1 is 1.05 bits per heavy atom. The van der Waals surface area contributed by atoms with E-state index < -0.39 is 0 Å². The van der Waals surface area contributed by atoms with Crippen molar-refractivity contribution >= 4 is 47.3 Å². The van der Waals surface area contributed by atoms with Crippen LogP contribution in [0, 0.1) is 11.3 Å². The number of aryl methyl sites for hydroxylation is 1. The maximum atomic E-state index is 12.2. The third-order valence-electron chi connectivity index (χ3n) is 10.2. The van der Waals surface area contributed by atoms with Crippen molar-refractivity contribution in [3.8, 4) is 0 Å². The molecule has 3 aliphatic rings. The summed E-state index contributed by atoms with van der Waals surface area (Å²) in [4.78, 5) is 17.0. The molecule has 2 aliphatic carbocycles. The first kappa shape index (κ1) is 34.6. The maximum absolute atomic E-state index is 12.2. The molecule has 3 aromatic rings. The van der Waals surface area contributed by atoms with Gasteiger partial charge in [0, 0.05) is 26.8 Å². The Hall–Kier alpha value is -2.24. The van der Waals surface area contributed by atoms with E-state index >= 15 is 0 Å². The molecule has 1 amide bonds. The average molecular weight is 652 g/mol. The summed E-state index contributed by atoms with van der Waals surface area (Å²) in [5, 5.41) is 0.798. The van der Waals surface area contributed by atoms with Crippen LogP contribution in [0.25, 0.3) is 5.57 Å². The summed E-state index contributed by atoms with van der Waals surface area (Å²) in [6, 6.07) is 21.8. The summed E-state index contributed by atoms with van der Waals surface area (Å²) < 4.78 is 0. The molecule has 44 heavy (non-hydrogen) atoms. The molecule has 3 nitrogen and oxygen atoms in total. The van der Waals surface area contributed by atoms with E-state index in [1.807, 2.05) is 17.8 Å². The van der Waals surface area contributed by atoms with Crippen LogP contribution in [0.15, 0.2) is 76.5 Å². The van der Waals surface area contributed by atoms with E-state index in [9.17, 15) is 4.79 Å². The predicted octanol–water partition coefficient (Wildman–Crippen LogP) is 9.92. The molecule has 1 fully saturated rings. The van der Waals surface area contributed by atoms with Gasteiger partial charge in [-0.2, -0.15) is 0 Å². The summed E-state index contributed by atoms with van der Waals surface area (Å²) in [6.45, 7) is 10.0. The Bertz CT molecular complexity index is 1530. The van der Waals surface area contributed by atoms with Crippen LogP contribution in [0.3, 0.4) is 0 Å². The van der Waals surface area contributed by atoms with Crippen LogP contribution < -0.4 is 5.73 Å². The number of halogens is 2. The van der Waals surface area contributed by atoms with Gasteiger partial charge in [-0.15, -0.1) is 12.4 Å². The molecule has 6 heteroatoms. The van der Waals surface area contributed by atoms with Gasteiger partial charge in [-0.25, -0.2) is 0 Å². The predicted molar refractivity (Wildman–Crippen MR) is 190 cm³/mol. The molecule has 0 radical (unpaired) electrons. The quantitative estimate of drug-likeness (QED) is 0.234. The molecule has 0 saturated heterocycles. The van der Waals surface area contributed by atoms with Gasteiger partial charge >= 0.3 is 0 Å². The molecule has 0 aromatic heterocycles. The van der Waals surface area contributed by atoms with Gasteiger partial charge < -0.3 is 10.6 Å². The monoisotopic (exact) mass is 650 g/mol. The third-order valence-corrected chi connectivity index (χ3v) is 11.5. The zero-order chi connectivity index (χ0) is 30.9. The van der Waals surface area contributed by atoms with Crippen LogP contribution in [-0.4, -0.2) is 31.4 Å². The van der Waals surface area contributed by atoms with Crippen LogP contribution in [0.5, 0.6) is 0 Å². The van der Waals surface area contributed by atoms with E-state index in [1.54, 1.807) is 0 Å². The SMILES string of the molecule is CC(C)c1ccc2c(c1)CCC1C(C)(C(N)=O)CCCC21C.CN(C)CCC=C1c2ccccc2Sc2ccc(Cl)cc21.Cl. The van der Waals surface area contributed by atoms with Gasteiger partial charge in [0.05, 0.1) is 0 Å². The normalized spacial score (nSPS) is 24.3. The van der Waals surface area contributed by atoms with Crippen LogP contribution in [0.4, 0.5) is 0 Å². The highest BCUT2D eigenvalue weighted by Crippen LogP contribution is 2.57. The number of benzene rings is 3. The average Bonchev–Trinajstić information content (AvgIpc) is 2.96. The highest BCUT2D eigenvalue weighted by Gasteiger charge is 2.54. The number of nitrogens with two attached hydrogens (primary N) is 1. The molecule has 1 saturated carbocycles. The topological polar surface area (TPSA) is 46.3 Å². The summed E-state index contributed by atoms with van der Waals surface area (Å²) in [6.07, 6.45) is 8.76. The lowest BCUT2D eigenvalue weighted by Crippen LogP contribution is -2.54. The van der Waals surface area contributed by atoms with E-state index in [4.69, 9.17) is 17.3 Å². The Morgan fingerprint density at radius 3 is 2.48 bits per heavy atom. The first-order valence-corrected chi connectivity index (χ1v) is 17.0. The van der Waals surface area contributed by atoms with Gasteiger partial charge in [0.25, 0.3) is 0 Å². The van der Waals surface area contributed by atoms with Gasteiger partial charge in [0.15, 0.2) is 0 Å².